The van der Waals surface area contributed by atoms with Crippen LogP contribution in [0.4, 0.5) is 4.39 Å². The van der Waals surface area contributed by atoms with Gasteiger partial charge in [-0.1, -0.05) is 18.2 Å². The standard InChI is InChI=1S/C22H26FN5O2/c23-19-6-2-1-4-16(19)12-18(24)13-20(29)28-10-7-15(8-11-28)22(30)27-21(25)17-5-3-9-26-14-17/h1-6,9,14-15,18H,7-8,10-13,24H2,(H2,25,27,30). The first-order valence-corrected chi connectivity index (χ1v) is 9.99. The van der Waals surface area contributed by atoms with E-state index in [2.05, 4.69) is 9.98 Å². The van der Waals surface area contributed by atoms with Crippen molar-refractivity contribution in [2.45, 2.75) is 31.7 Å². The number of hydrogen-bond acceptors (Lipinski definition) is 4. The summed E-state index contributed by atoms with van der Waals surface area (Å²) >= 11 is 0. The van der Waals surface area contributed by atoms with Crippen LogP contribution in [0.25, 0.3) is 0 Å². The summed E-state index contributed by atoms with van der Waals surface area (Å²) in [6, 6.07) is 9.43. The molecule has 1 unspecified atom stereocenters. The maximum atomic E-state index is 13.8. The molecule has 0 bridgehead atoms. The summed E-state index contributed by atoms with van der Waals surface area (Å²) in [5.41, 5.74) is 13.1. The van der Waals surface area contributed by atoms with Crippen molar-refractivity contribution in [1.29, 1.82) is 0 Å². The number of nitrogens with zero attached hydrogens (tertiary/aromatic N) is 3. The normalized spacial score (nSPS) is 16.3. The van der Waals surface area contributed by atoms with Gasteiger partial charge in [-0.05, 0) is 43.0 Å². The predicted molar refractivity (Wildman–Crippen MR) is 112 cm³/mol. The number of carbonyl (C=O) groups is 2. The van der Waals surface area contributed by atoms with E-state index in [1.807, 2.05) is 0 Å². The van der Waals surface area contributed by atoms with Crippen LogP contribution in [0, 0.1) is 11.7 Å². The number of likely N-dealkylation sites (tertiary alicyclic amines) is 1. The van der Waals surface area contributed by atoms with E-state index < -0.39 is 6.04 Å². The number of benzene rings is 1. The Hall–Kier alpha value is -3.13. The number of nitrogens with two attached hydrogens (primary N) is 2. The minimum absolute atomic E-state index is 0.0805. The average Bonchev–Trinajstić information content (AvgIpc) is 2.76. The predicted octanol–water partition coefficient (Wildman–Crippen LogP) is 1.65. The second kappa shape index (κ2) is 10.1. The number of halogens is 1. The van der Waals surface area contributed by atoms with Gasteiger partial charge in [-0.15, -0.1) is 0 Å². The molecule has 1 saturated heterocycles. The number of hydrogen-bond donors (Lipinski definition) is 2. The largest absolute Gasteiger partial charge is 0.383 e. The van der Waals surface area contributed by atoms with Crippen LogP contribution in [0.1, 0.15) is 30.4 Å². The molecule has 1 aliphatic heterocycles. The molecular weight excluding hydrogens is 385 g/mol. The summed E-state index contributed by atoms with van der Waals surface area (Å²) in [7, 11) is 0. The molecule has 4 N–H and O–H groups in total. The van der Waals surface area contributed by atoms with Gasteiger partial charge < -0.3 is 16.4 Å². The van der Waals surface area contributed by atoms with Crippen molar-refractivity contribution in [2.75, 3.05) is 13.1 Å². The Kier molecular flexibility index (Phi) is 7.24. The van der Waals surface area contributed by atoms with Gasteiger partial charge in [0.15, 0.2) is 0 Å². The molecule has 1 atom stereocenters. The molecule has 2 amide bonds. The molecule has 1 aliphatic rings. The highest BCUT2D eigenvalue weighted by Crippen LogP contribution is 2.20. The molecule has 2 aromatic rings. The lowest BCUT2D eigenvalue weighted by atomic mass is 9.95. The van der Waals surface area contributed by atoms with Crippen LogP contribution in [0.5, 0.6) is 0 Å². The minimum atomic E-state index is -0.461. The third kappa shape index (κ3) is 5.70. The van der Waals surface area contributed by atoms with E-state index in [1.165, 1.54) is 6.07 Å². The van der Waals surface area contributed by atoms with E-state index in [9.17, 15) is 14.0 Å². The zero-order valence-corrected chi connectivity index (χ0v) is 16.7. The Morgan fingerprint density at radius 1 is 1.20 bits per heavy atom. The molecule has 158 valence electrons. The Bertz CT molecular complexity index is 911. The third-order valence-corrected chi connectivity index (χ3v) is 5.26. The van der Waals surface area contributed by atoms with E-state index in [-0.39, 0.29) is 35.8 Å². The van der Waals surface area contributed by atoms with Gasteiger partial charge in [-0.25, -0.2) is 4.39 Å². The maximum Gasteiger partial charge on any atom is 0.250 e. The van der Waals surface area contributed by atoms with Gasteiger partial charge in [-0.3, -0.25) is 14.6 Å². The molecule has 30 heavy (non-hydrogen) atoms. The second-order valence-corrected chi connectivity index (χ2v) is 7.49. The van der Waals surface area contributed by atoms with E-state index in [0.29, 0.717) is 43.5 Å². The van der Waals surface area contributed by atoms with Crippen molar-refractivity contribution < 1.29 is 14.0 Å². The number of rotatable bonds is 6. The highest BCUT2D eigenvalue weighted by atomic mass is 19.1. The second-order valence-electron chi connectivity index (χ2n) is 7.49. The van der Waals surface area contributed by atoms with Gasteiger partial charge in [0, 0.05) is 49.4 Å². The van der Waals surface area contributed by atoms with Crippen LogP contribution < -0.4 is 11.5 Å². The van der Waals surface area contributed by atoms with Crippen LogP contribution in [0.15, 0.2) is 53.8 Å². The van der Waals surface area contributed by atoms with Crippen molar-refractivity contribution in [3.05, 3.63) is 65.7 Å². The monoisotopic (exact) mass is 411 g/mol. The molecule has 0 spiro atoms. The Morgan fingerprint density at radius 2 is 1.93 bits per heavy atom. The van der Waals surface area contributed by atoms with Gasteiger partial charge in [-0.2, -0.15) is 4.99 Å². The Morgan fingerprint density at radius 3 is 2.60 bits per heavy atom. The highest BCUT2D eigenvalue weighted by molar-refractivity contribution is 6.04. The lowest BCUT2D eigenvalue weighted by Gasteiger charge is -2.31. The quantitative estimate of drug-likeness (QED) is 0.554. The summed E-state index contributed by atoms with van der Waals surface area (Å²) in [6.45, 7) is 0.925. The number of amides is 2. The summed E-state index contributed by atoms with van der Waals surface area (Å²) in [5.74, 6) is -0.796. The molecule has 0 saturated carbocycles. The zero-order chi connectivity index (χ0) is 21.5. The zero-order valence-electron chi connectivity index (χ0n) is 16.7. The fraction of sp³-hybridized carbons (Fsp3) is 0.364. The Labute approximate surface area is 175 Å². The SMILES string of the molecule is NC(=NC(=O)C1CCN(C(=O)CC(N)Cc2ccccc2F)CC1)c1cccnc1. The number of aliphatic imine (C=N–C) groups is 1. The number of amidine groups is 1. The topological polar surface area (TPSA) is 115 Å². The van der Waals surface area contributed by atoms with Crippen LogP contribution in [-0.2, 0) is 16.0 Å². The van der Waals surface area contributed by atoms with Crippen molar-refractivity contribution in [2.24, 2.45) is 22.4 Å². The Balaban J connectivity index is 1.48. The van der Waals surface area contributed by atoms with Crippen LogP contribution in [-0.4, -0.2) is 46.7 Å². The van der Waals surface area contributed by atoms with E-state index in [1.54, 1.807) is 47.6 Å². The first-order valence-electron chi connectivity index (χ1n) is 9.99. The maximum absolute atomic E-state index is 13.8. The number of aromatic nitrogens is 1. The summed E-state index contributed by atoms with van der Waals surface area (Å²) in [4.78, 5) is 34.6. The minimum Gasteiger partial charge on any atom is -0.383 e. The fourth-order valence-corrected chi connectivity index (χ4v) is 3.54. The highest BCUT2D eigenvalue weighted by Gasteiger charge is 2.28. The summed E-state index contributed by atoms with van der Waals surface area (Å²) in [5, 5.41) is 0. The molecule has 1 aromatic heterocycles. The van der Waals surface area contributed by atoms with Crippen molar-refractivity contribution in [3.63, 3.8) is 0 Å². The van der Waals surface area contributed by atoms with E-state index >= 15 is 0 Å². The van der Waals surface area contributed by atoms with Crippen LogP contribution in [0.3, 0.4) is 0 Å². The van der Waals surface area contributed by atoms with E-state index in [4.69, 9.17) is 11.5 Å². The van der Waals surface area contributed by atoms with Gasteiger partial charge in [0.2, 0.25) is 5.91 Å². The molecule has 1 aromatic carbocycles. The smallest absolute Gasteiger partial charge is 0.250 e. The van der Waals surface area contributed by atoms with Crippen LogP contribution >= 0.6 is 0 Å². The summed E-state index contributed by atoms with van der Waals surface area (Å²) < 4.78 is 13.8. The number of piperidine rings is 1. The van der Waals surface area contributed by atoms with Crippen molar-refractivity contribution >= 4 is 17.6 Å². The van der Waals surface area contributed by atoms with Gasteiger partial charge >= 0.3 is 0 Å². The molecule has 0 radical (unpaired) electrons. The molecular formula is C22H26FN5O2. The molecule has 2 heterocycles. The number of carbonyl (C=O) groups excluding carboxylic acids is 2. The molecule has 0 aliphatic carbocycles. The fourth-order valence-electron chi connectivity index (χ4n) is 3.54. The summed E-state index contributed by atoms with van der Waals surface area (Å²) in [6.07, 6.45) is 4.66. The van der Waals surface area contributed by atoms with Gasteiger partial charge in [0.1, 0.15) is 11.7 Å². The molecule has 3 rings (SSSR count). The first-order chi connectivity index (χ1) is 14.4. The van der Waals surface area contributed by atoms with Crippen molar-refractivity contribution in [3.8, 4) is 0 Å². The first kappa shape index (κ1) is 21.6. The molecule has 8 heteroatoms. The lowest BCUT2D eigenvalue weighted by molar-refractivity contribution is -0.135. The average molecular weight is 411 g/mol. The lowest BCUT2D eigenvalue weighted by Crippen LogP contribution is -2.42. The third-order valence-electron chi connectivity index (χ3n) is 5.26. The van der Waals surface area contributed by atoms with E-state index in [0.717, 1.165) is 0 Å². The molecule has 7 nitrogen and oxygen atoms in total. The van der Waals surface area contributed by atoms with Crippen LogP contribution in [0.2, 0.25) is 0 Å². The van der Waals surface area contributed by atoms with Gasteiger partial charge in [0.25, 0.3) is 5.91 Å². The molecule has 1 fully saturated rings. The van der Waals surface area contributed by atoms with Crippen molar-refractivity contribution in [1.82, 2.24) is 9.88 Å². The van der Waals surface area contributed by atoms with Gasteiger partial charge in [0.05, 0.1) is 0 Å². The number of pyridine rings is 1.